The predicted octanol–water partition coefficient (Wildman–Crippen LogP) is 3.22. The topological polar surface area (TPSA) is 42.3 Å². The number of benzene rings is 2. The zero-order valence-corrected chi connectivity index (χ0v) is 14.3. The lowest BCUT2D eigenvalue weighted by molar-refractivity contribution is 0.0827. The average molecular weight is 320 g/mol. The Morgan fingerprint density at radius 3 is 2.33 bits per heavy atom. The van der Waals surface area contributed by atoms with Crippen molar-refractivity contribution in [3.8, 4) is 11.1 Å². The molecule has 0 radical (unpaired) electrons. The summed E-state index contributed by atoms with van der Waals surface area (Å²) in [6.07, 6.45) is 1.85. The van der Waals surface area contributed by atoms with Crippen molar-refractivity contribution >= 4 is 16.7 Å². The number of pyridine rings is 1. The molecule has 2 aromatic carbocycles. The van der Waals surface area contributed by atoms with Gasteiger partial charge in [-0.2, -0.15) is 0 Å². The lowest BCUT2D eigenvalue weighted by atomic mass is 9.96. The van der Waals surface area contributed by atoms with Gasteiger partial charge in [0.2, 0.25) is 0 Å². The second kappa shape index (κ2) is 5.96. The maximum Gasteiger partial charge on any atom is 0.258 e. The van der Waals surface area contributed by atoms with Crippen LogP contribution in [-0.4, -0.2) is 29.5 Å². The fourth-order valence-electron chi connectivity index (χ4n) is 2.96. The fourth-order valence-corrected chi connectivity index (χ4v) is 2.96. The summed E-state index contributed by atoms with van der Waals surface area (Å²) in [5.41, 5.74) is 3.58. The first-order valence-electron chi connectivity index (χ1n) is 7.81. The zero-order chi connectivity index (χ0) is 17.4. The molecule has 4 heteroatoms. The third kappa shape index (κ3) is 2.60. The molecule has 0 aliphatic heterocycles. The van der Waals surface area contributed by atoms with E-state index in [2.05, 4.69) is 0 Å². The second-order valence-electron chi connectivity index (χ2n) is 6.23. The van der Waals surface area contributed by atoms with Crippen LogP contribution in [0.2, 0.25) is 0 Å². The standard InChI is InChI=1S/C20H20N2O2/c1-13-11-14(9-10-15(13)19(23)21(2)3)18-12-22(4)20(24)17-8-6-5-7-16(17)18/h5-12H,1-4H3. The largest absolute Gasteiger partial charge is 0.345 e. The summed E-state index contributed by atoms with van der Waals surface area (Å²) in [6.45, 7) is 1.93. The van der Waals surface area contributed by atoms with Crippen LogP contribution in [0.1, 0.15) is 15.9 Å². The van der Waals surface area contributed by atoms with Crippen molar-refractivity contribution in [3.05, 3.63) is 70.1 Å². The minimum atomic E-state index is -0.00984. The SMILES string of the molecule is Cc1cc(-c2cn(C)c(=O)c3ccccc23)ccc1C(=O)N(C)C. The van der Waals surface area contributed by atoms with Gasteiger partial charge in [0.25, 0.3) is 11.5 Å². The van der Waals surface area contributed by atoms with Crippen LogP contribution in [0.25, 0.3) is 21.9 Å². The Kier molecular flexibility index (Phi) is 3.97. The Morgan fingerprint density at radius 2 is 1.71 bits per heavy atom. The van der Waals surface area contributed by atoms with Crippen LogP contribution in [0.15, 0.2) is 53.5 Å². The normalized spacial score (nSPS) is 10.8. The molecule has 4 nitrogen and oxygen atoms in total. The summed E-state index contributed by atoms with van der Waals surface area (Å²) in [5, 5.41) is 1.62. The number of amides is 1. The van der Waals surface area contributed by atoms with Gasteiger partial charge in [-0.25, -0.2) is 0 Å². The number of aromatic nitrogens is 1. The van der Waals surface area contributed by atoms with Gasteiger partial charge in [0.05, 0.1) is 0 Å². The zero-order valence-electron chi connectivity index (χ0n) is 14.3. The highest BCUT2D eigenvalue weighted by Crippen LogP contribution is 2.28. The third-order valence-corrected chi connectivity index (χ3v) is 4.26. The van der Waals surface area contributed by atoms with Gasteiger partial charge in [0, 0.05) is 43.9 Å². The molecule has 0 saturated carbocycles. The number of hydrogen-bond acceptors (Lipinski definition) is 2. The van der Waals surface area contributed by atoms with Gasteiger partial charge in [-0.05, 0) is 35.6 Å². The highest BCUT2D eigenvalue weighted by molar-refractivity contribution is 5.98. The van der Waals surface area contributed by atoms with E-state index in [4.69, 9.17) is 0 Å². The van der Waals surface area contributed by atoms with E-state index < -0.39 is 0 Å². The lowest BCUT2D eigenvalue weighted by Gasteiger charge is -2.14. The van der Waals surface area contributed by atoms with E-state index in [0.29, 0.717) is 10.9 Å². The van der Waals surface area contributed by atoms with E-state index in [-0.39, 0.29) is 11.5 Å². The maximum absolute atomic E-state index is 12.3. The van der Waals surface area contributed by atoms with Crippen LogP contribution in [-0.2, 0) is 7.05 Å². The minimum absolute atomic E-state index is 0.00882. The summed E-state index contributed by atoms with van der Waals surface area (Å²) in [4.78, 5) is 26.1. The number of nitrogens with zero attached hydrogens (tertiary/aromatic N) is 2. The molecule has 0 spiro atoms. The van der Waals surface area contributed by atoms with Gasteiger partial charge in [-0.3, -0.25) is 9.59 Å². The van der Waals surface area contributed by atoms with Gasteiger partial charge in [-0.15, -0.1) is 0 Å². The Bertz CT molecular complexity index is 1000. The van der Waals surface area contributed by atoms with Crippen molar-refractivity contribution < 1.29 is 4.79 Å². The van der Waals surface area contributed by atoms with E-state index in [1.165, 1.54) is 0 Å². The Morgan fingerprint density at radius 1 is 1.04 bits per heavy atom. The van der Waals surface area contributed by atoms with Crippen molar-refractivity contribution in [2.75, 3.05) is 14.1 Å². The number of fused-ring (bicyclic) bond motifs is 1. The summed E-state index contributed by atoms with van der Waals surface area (Å²) in [5.74, 6) is -0.00984. The highest BCUT2D eigenvalue weighted by atomic mass is 16.2. The molecule has 0 N–H and O–H groups in total. The average Bonchev–Trinajstić information content (AvgIpc) is 2.57. The monoisotopic (exact) mass is 320 g/mol. The molecule has 24 heavy (non-hydrogen) atoms. The van der Waals surface area contributed by atoms with Crippen molar-refractivity contribution in [3.63, 3.8) is 0 Å². The molecule has 0 atom stereocenters. The van der Waals surface area contributed by atoms with Gasteiger partial charge in [-0.1, -0.05) is 30.3 Å². The van der Waals surface area contributed by atoms with E-state index in [1.54, 1.807) is 30.6 Å². The lowest BCUT2D eigenvalue weighted by Crippen LogP contribution is -2.22. The van der Waals surface area contributed by atoms with Crippen molar-refractivity contribution in [2.45, 2.75) is 6.92 Å². The predicted molar refractivity (Wildman–Crippen MR) is 97.4 cm³/mol. The third-order valence-electron chi connectivity index (χ3n) is 4.26. The van der Waals surface area contributed by atoms with E-state index in [9.17, 15) is 9.59 Å². The molecule has 1 aromatic heterocycles. The fraction of sp³-hybridized carbons (Fsp3) is 0.200. The number of rotatable bonds is 2. The molecular weight excluding hydrogens is 300 g/mol. The Balaban J connectivity index is 2.22. The molecule has 0 saturated heterocycles. The van der Waals surface area contributed by atoms with Crippen LogP contribution in [0.3, 0.4) is 0 Å². The Hall–Kier alpha value is -2.88. The van der Waals surface area contributed by atoms with E-state index in [1.807, 2.05) is 55.6 Å². The first-order chi connectivity index (χ1) is 11.4. The van der Waals surface area contributed by atoms with Gasteiger partial charge in [0.1, 0.15) is 0 Å². The second-order valence-corrected chi connectivity index (χ2v) is 6.23. The highest BCUT2D eigenvalue weighted by Gasteiger charge is 2.14. The van der Waals surface area contributed by atoms with Crippen LogP contribution in [0.5, 0.6) is 0 Å². The molecule has 0 bridgehead atoms. The summed E-state index contributed by atoms with van der Waals surface area (Å²) >= 11 is 0. The summed E-state index contributed by atoms with van der Waals surface area (Å²) in [7, 11) is 5.25. The number of carbonyl (C=O) groups is 1. The van der Waals surface area contributed by atoms with Crippen LogP contribution in [0, 0.1) is 6.92 Å². The van der Waals surface area contributed by atoms with Crippen molar-refractivity contribution in [1.82, 2.24) is 9.47 Å². The molecule has 3 rings (SSSR count). The first kappa shape index (κ1) is 16.0. The molecular formula is C20H20N2O2. The Labute approximate surface area is 141 Å². The molecule has 3 aromatic rings. The maximum atomic E-state index is 12.3. The number of aryl methyl sites for hydroxylation is 2. The van der Waals surface area contributed by atoms with Gasteiger partial charge >= 0.3 is 0 Å². The molecule has 0 aliphatic rings. The van der Waals surface area contributed by atoms with Gasteiger partial charge in [0.15, 0.2) is 0 Å². The van der Waals surface area contributed by atoms with E-state index >= 15 is 0 Å². The summed E-state index contributed by atoms with van der Waals surface area (Å²) in [6, 6.07) is 13.4. The number of carbonyl (C=O) groups excluding carboxylic acids is 1. The number of hydrogen-bond donors (Lipinski definition) is 0. The smallest absolute Gasteiger partial charge is 0.258 e. The van der Waals surface area contributed by atoms with Crippen LogP contribution >= 0.6 is 0 Å². The molecule has 1 amide bonds. The summed E-state index contributed by atoms with van der Waals surface area (Å²) < 4.78 is 1.60. The first-order valence-corrected chi connectivity index (χ1v) is 7.81. The molecule has 122 valence electrons. The minimum Gasteiger partial charge on any atom is -0.345 e. The molecule has 1 heterocycles. The van der Waals surface area contributed by atoms with Crippen LogP contribution in [0.4, 0.5) is 0 Å². The van der Waals surface area contributed by atoms with E-state index in [0.717, 1.165) is 22.1 Å². The van der Waals surface area contributed by atoms with Crippen LogP contribution < -0.4 is 5.56 Å². The molecule has 0 fully saturated rings. The molecule has 0 aliphatic carbocycles. The van der Waals surface area contributed by atoms with Gasteiger partial charge < -0.3 is 9.47 Å². The quantitative estimate of drug-likeness (QED) is 0.727. The molecule has 0 unspecified atom stereocenters. The van der Waals surface area contributed by atoms with Crippen molar-refractivity contribution in [2.24, 2.45) is 7.05 Å². The van der Waals surface area contributed by atoms with Crippen molar-refractivity contribution in [1.29, 1.82) is 0 Å².